The Bertz CT molecular complexity index is 580. The van der Waals surface area contributed by atoms with Crippen LogP contribution in [0.3, 0.4) is 0 Å². The molecule has 1 aliphatic heterocycles. The SMILES string of the molecule is CC1=N[NH+](c2cn[nH]c2-c2ccccc2)C=C1. The first-order valence-corrected chi connectivity index (χ1v) is 5.54. The van der Waals surface area contributed by atoms with E-state index in [9.17, 15) is 0 Å². The van der Waals surface area contributed by atoms with Gasteiger partial charge in [0.25, 0.3) is 0 Å². The molecule has 0 saturated heterocycles. The van der Waals surface area contributed by atoms with Gasteiger partial charge >= 0.3 is 0 Å². The highest BCUT2D eigenvalue weighted by molar-refractivity contribution is 5.93. The minimum atomic E-state index is 0.968. The molecule has 17 heavy (non-hydrogen) atoms. The second-order valence-electron chi connectivity index (χ2n) is 4.00. The van der Waals surface area contributed by atoms with Gasteiger partial charge in [-0.3, -0.25) is 5.10 Å². The number of nitrogens with zero attached hydrogens (tertiary/aromatic N) is 2. The Balaban J connectivity index is 2.04. The number of benzene rings is 1. The van der Waals surface area contributed by atoms with Gasteiger partial charge in [-0.05, 0) is 6.92 Å². The smallest absolute Gasteiger partial charge is 0.208 e. The van der Waals surface area contributed by atoms with E-state index >= 15 is 0 Å². The fraction of sp³-hybridized carbons (Fsp3) is 0.0769. The summed E-state index contributed by atoms with van der Waals surface area (Å²) in [6.45, 7) is 1.99. The van der Waals surface area contributed by atoms with Crippen molar-refractivity contribution in [2.24, 2.45) is 5.10 Å². The quantitative estimate of drug-likeness (QED) is 0.799. The van der Waals surface area contributed by atoms with Gasteiger partial charge in [-0.2, -0.15) is 5.10 Å². The summed E-state index contributed by atoms with van der Waals surface area (Å²) >= 11 is 0. The lowest BCUT2D eigenvalue weighted by Crippen LogP contribution is -2.96. The van der Waals surface area contributed by atoms with Crippen LogP contribution < -0.4 is 5.01 Å². The molecule has 1 aromatic carbocycles. The lowest BCUT2D eigenvalue weighted by Gasteiger charge is -2.04. The number of nitrogens with one attached hydrogen (secondary N) is 2. The summed E-state index contributed by atoms with van der Waals surface area (Å²) in [6.07, 6.45) is 5.86. The Hall–Kier alpha value is -2.20. The molecule has 2 N–H and O–H groups in total. The van der Waals surface area contributed by atoms with Gasteiger partial charge in [0, 0.05) is 11.6 Å². The highest BCUT2D eigenvalue weighted by atomic mass is 15.5. The molecule has 84 valence electrons. The molecule has 4 heteroatoms. The molecule has 4 nitrogen and oxygen atoms in total. The summed E-state index contributed by atoms with van der Waals surface area (Å²) in [5.41, 5.74) is 4.22. The average Bonchev–Trinajstić information content (AvgIpc) is 2.98. The zero-order valence-electron chi connectivity index (χ0n) is 9.51. The van der Waals surface area contributed by atoms with Gasteiger partial charge < -0.3 is 0 Å². The van der Waals surface area contributed by atoms with E-state index in [0.717, 1.165) is 27.7 Å². The monoisotopic (exact) mass is 225 g/mol. The van der Waals surface area contributed by atoms with Crippen LogP contribution in [0.25, 0.3) is 11.3 Å². The lowest BCUT2D eigenvalue weighted by molar-refractivity contribution is -0.778. The molecule has 0 aliphatic carbocycles. The van der Waals surface area contributed by atoms with Crippen LogP contribution in [0, 0.1) is 0 Å². The second-order valence-corrected chi connectivity index (χ2v) is 4.00. The molecule has 2 aromatic rings. The van der Waals surface area contributed by atoms with Gasteiger partial charge in [0.05, 0.1) is 5.71 Å². The number of aromatic nitrogens is 2. The maximum absolute atomic E-state index is 4.48. The van der Waals surface area contributed by atoms with Gasteiger partial charge in [0.15, 0.2) is 0 Å². The lowest BCUT2D eigenvalue weighted by atomic mass is 10.1. The summed E-state index contributed by atoms with van der Waals surface area (Å²) < 4.78 is 0. The van der Waals surface area contributed by atoms with Crippen molar-refractivity contribution >= 4 is 11.4 Å². The van der Waals surface area contributed by atoms with Crippen molar-refractivity contribution < 1.29 is 5.01 Å². The molecule has 0 saturated carbocycles. The van der Waals surface area contributed by atoms with E-state index in [0.29, 0.717) is 0 Å². The molecule has 3 rings (SSSR count). The predicted octanol–water partition coefficient (Wildman–Crippen LogP) is 1.50. The maximum atomic E-state index is 4.48. The molecule has 0 spiro atoms. The number of H-pyrrole nitrogens is 1. The Morgan fingerprint density at radius 1 is 1.18 bits per heavy atom. The summed E-state index contributed by atoms with van der Waals surface area (Å²) in [4.78, 5) is 0. The Morgan fingerprint density at radius 3 is 2.71 bits per heavy atom. The van der Waals surface area contributed by atoms with Crippen LogP contribution in [-0.4, -0.2) is 15.9 Å². The van der Waals surface area contributed by atoms with Gasteiger partial charge in [-0.25, -0.2) is 0 Å². The van der Waals surface area contributed by atoms with Crippen molar-refractivity contribution in [2.75, 3.05) is 0 Å². The number of rotatable bonds is 2. The van der Waals surface area contributed by atoms with Gasteiger partial charge in [-0.15, -0.1) is 5.01 Å². The minimum absolute atomic E-state index is 0.968. The molecule has 2 heterocycles. The zero-order chi connectivity index (χ0) is 11.7. The summed E-state index contributed by atoms with van der Waals surface area (Å²) in [5, 5.41) is 12.6. The van der Waals surface area contributed by atoms with Crippen LogP contribution in [0.1, 0.15) is 6.92 Å². The fourth-order valence-corrected chi connectivity index (χ4v) is 1.92. The molecular formula is C13H13N4+. The van der Waals surface area contributed by atoms with Crippen LogP contribution in [0.5, 0.6) is 0 Å². The van der Waals surface area contributed by atoms with Crippen LogP contribution >= 0.6 is 0 Å². The molecular weight excluding hydrogens is 212 g/mol. The summed E-state index contributed by atoms with van der Waals surface area (Å²) in [7, 11) is 0. The van der Waals surface area contributed by atoms with E-state index < -0.39 is 0 Å². The van der Waals surface area contributed by atoms with Crippen molar-refractivity contribution in [1.82, 2.24) is 10.2 Å². The molecule has 0 radical (unpaired) electrons. The molecule has 0 bridgehead atoms. The van der Waals surface area contributed by atoms with E-state index in [-0.39, 0.29) is 0 Å². The second kappa shape index (κ2) is 3.99. The van der Waals surface area contributed by atoms with Gasteiger partial charge in [0.2, 0.25) is 5.69 Å². The highest BCUT2D eigenvalue weighted by Gasteiger charge is 2.20. The molecule has 0 amide bonds. The zero-order valence-corrected chi connectivity index (χ0v) is 9.51. The fourth-order valence-electron chi connectivity index (χ4n) is 1.92. The maximum Gasteiger partial charge on any atom is 0.208 e. The molecule has 1 aliphatic rings. The van der Waals surface area contributed by atoms with Crippen LogP contribution in [0.4, 0.5) is 5.69 Å². The van der Waals surface area contributed by atoms with E-state index in [4.69, 9.17) is 0 Å². The first kappa shape index (κ1) is 9.99. The van der Waals surface area contributed by atoms with Crippen molar-refractivity contribution in [3.05, 3.63) is 48.8 Å². The normalized spacial score (nSPS) is 18.4. The van der Waals surface area contributed by atoms with Crippen molar-refractivity contribution in [2.45, 2.75) is 6.92 Å². The van der Waals surface area contributed by atoms with E-state index in [1.165, 1.54) is 0 Å². The van der Waals surface area contributed by atoms with Crippen LogP contribution in [0.15, 0.2) is 53.9 Å². The van der Waals surface area contributed by atoms with Crippen molar-refractivity contribution in [3.63, 3.8) is 0 Å². The third-order valence-corrected chi connectivity index (χ3v) is 2.76. The first-order valence-electron chi connectivity index (χ1n) is 5.54. The largest absolute Gasteiger partial charge is 0.272 e. The topological polar surface area (TPSA) is 45.5 Å². The summed E-state index contributed by atoms with van der Waals surface area (Å²) in [6, 6.07) is 10.2. The molecule has 0 fully saturated rings. The molecule has 1 unspecified atom stereocenters. The number of aromatic amines is 1. The Kier molecular flexibility index (Phi) is 2.34. The van der Waals surface area contributed by atoms with Crippen molar-refractivity contribution in [1.29, 1.82) is 0 Å². The third-order valence-electron chi connectivity index (χ3n) is 2.76. The van der Waals surface area contributed by atoms with E-state index in [1.54, 1.807) is 0 Å². The predicted molar refractivity (Wildman–Crippen MR) is 66.9 cm³/mol. The number of allylic oxidation sites excluding steroid dienone is 1. The Labute approximate surface area is 99.3 Å². The Morgan fingerprint density at radius 2 is 2.00 bits per heavy atom. The number of hydrogen-bond acceptors (Lipinski definition) is 2. The minimum Gasteiger partial charge on any atom is -0.272 e. The third kappa shape index (κ3) is 1.79. The first-order chi connectivity index (χ1) is 8.34. The van der Waals surface area contributed by atoms with E-state index in [1.807, 2.05) is 43.6 Å². The average molecular weight is 225 g/mol. The molecule has 1 atom stereocenters. The van der Waals surface area contributed by atoms with E-state index in [2.05, 4.69) is 27.4 Å². The highest BCUT2D eigenvalue weighted by Crippen LogP contribution is 2.22. The van der Waals surface area contributed by atoms with Crippen LogP contribution in [0.2, 0.25) is 0 Å². The number of quaternary nitrogens is 1. The van der Waals surface area contributed by atoms with Crippen molar-refractivity contribution in [3.8, 4) is 11.3 Å². The summed E-state index contributed by atoms with van der Waals surface area (Å²) in [5.74, 6) is 0. The molecule has 1 aromatic heterocycles. The number of hydrogen-bond donors (Lipinski definition) is 2. The van der Waals surface area contributed by atoms with Gasteiger partial charge in [0.1, 0.15) is 18.1 Å². The van der Waals surface area contributed by atoms with Crippen LogP contribution in [-0.2, 0) is 0 Å². The standard InChI is InChI=1S/C13H12N4/c1-10-7-8-17(16-10)12-9-14-15-13(12)11-5-3-2-4-6-11/h2-9H,1H3,(H,14,15)/p+1. The van der Waals surface area contributed by atoms with Gasteiger partial charge in [-0.1, -0.05) is 35.4 Å².